The van der Waals surface area contributed by atoms with E-state index in [4.69, 9.17) is 0 Å². The summed E-state index contributed by atoms with van der Waals surface area (Å²) in [5, 5.41) is 0. The van der Waals surface area contributed by atoms with Crippen LogP contribution < -0.4 is 0 Å². The van der Waals surface area contributed by atoms with Crippen LogP contribution in [0.3, 0.4) is 0 Å². The molecular formula is C15H22BrNO. The monoisotopic (exact) mass is 311 g/mol. The Morgan fingerprint density at radius 1 is 1.28 bits per heavy atom. The summed E-state index contributed by atoms with van der Waals surface area (Å²) in [7, 11) is 2.03. The Hall–Kier alpha value is -0.670. The second-order valence-corrected chi connectivity index (χ2v) is 5.77. The van der Waals surface area contributed by atoms with Crippen molar-refractivity contribution in [2.45, 2.75) is 45.7 Å². The third-order valence-corrected chi connectivity index (χ3v) is 4.05. The van der Waals surface area contributed by atoms with Gasteiger partial charge >= 0.3 is 0 Å². The molecule has 100 valence electrons. The Labute approximate surface area is 119 Å². The summed E-state index contributed by atoms with van der Waals surface area (Å²) in [6, 6.07) is 7.94. The van der Waals surface area contributed by atoms with Gasteiger partial charge in [0.15, 0.2) is 5.78 Å². The minimum absolute atomic E-state index is 0.0762. The van der Waals surface area contributed by atoms with E-state index in [1.165, 1.54) is 0 Å². The molecule has 0 aromatic heterocycles. The first kappa shape index (κ1) is 15.4. The molecule has 0 N–H and O–H groups in total. The van der Waals surface area contributed by atoms with Crippen LogP contribution in [-0.2, 0) is 0 Å². The third kappa shape index (κ3) is 3.92. The van der Waals surface area contributed by atoms with Gasteiger partial charge in [-0.25, -0.2) is 0 Å². The van der Waals surface area contributed by atoms with Crippen LogP contribution in [0.2, 0.25) is 0 Å². The van der Waals surface area contributed by atoms with Crippen molar-refractivity contribution in [3.05, 3.63) is 34.3 Å². The van der Waals surface area contributed by atoms with Crippen molar-refractivity contribution < 1.29 is 4.79 Å². The van der Waals surface area contributed by atoms with Gasteiger partial charge in [-0.15, -0.1) is 0 Å². The summed E-state index contributed by atoms with van der Waals surface area (Å²) in [5.74, 6) is 0.188. The molecule has 18 heavy (non-hydrogen) atoms. The number of carbonyl (C=O) groups excluding carboxylic acids is 1. The minimum Gasteiger partial charge on any atom is -0.294 e. The number of rotatable bonds is 6. The predicted octanol–water partition coefficient (Wildman–Crippen LogP) is 4.14. The van der Waals surface area contributed by atoms with Crippen molar-refractivity contribution >= 4 is 21.7 Å². The molecule has 0 fully saturated rings. The van der Waals surface area contributed by atoms with Crippen molar-refractivity contribution in [1.82, 2.24) is 4.90 Å². The van der Waals surface area contributed by atoms with Crippen molar-refractivity contribution in [1.29, 1.82) is 0 Å². The van der Waals surface area contributed by atoms with Gasteiger partial charge in [0, 0.05) is 16.1 Å². The summed E-state index contributed by atoms with van der Waals surface area (Å²) in [4.78, 5) is 14.5. The molecule has 0 bridgehead atoms. The molecule has 2 atom stereocenters. The largest absolute Gasteiger partial charge is 0.294 e. The van der Waals surface area contributed by atoms with Crippen molar-refractivity contribution in [2.24, 2.45) is 0 Å². The number of carbonyl (C=O) groups is 1. The Bertz CT molecular complexity index is 388. The van der Waals surface area contributed by atoms with E-state index < -0.39 is 0 Å². The lowest BCUT2D eigenvalue weighted by molar-refractivity contribution is 0.0820. The van der Waals surface area contributed by atoms with Gasteiger partial charge in [0.2, 0.25) is 0 Å². The van der Waals surface area contributed by atoms with Gasteiger partial charge in [-0.3, -0.25) is 9.69 Å². The molecule has 0 radical (unpaired) electrons. The second-order valence-electron chi connectivity index (χ2n) is 4.85. The molecule has 2 unspecified atom stereocenters. The average molecular weight is 312 g/mol. The van der Waals surface area contributed by atoms with E-state index in [2.05, 4.69) is 34.7 Å². The first-order valence-corrected chi connectivity index (χ1v) is 7.28. The van der Waals surface area contributed by atoms with E-state index in [1.807, 2.05) is 38.2 Å². The van der Waals surface area contributed by atoms with Crippen LogP contribution in [0, 0.1) is 0 Å². The average Bonchev–Trinajstić information content (AvgIpc) is 2.37. The summed E-state index contributed by atoms with van der Waals surface area (Å²) in [6.45, 7) is 6.33. The molecule has 1 aromatic carbocycles. The van der Waals surface area contributed by atoms with Crippen LogP contribution >= 0.6 is 15.9 Å². The molecule has 2 nitrogen and oxygen atoms in total. The highest BCUT2D eigenvalue weighted by molar-refractivity contribution is 9.10. The fraction of sp³-hybridized carbons (Fsp3) is 0.533. The van der Waals surface area contributed by atoms with Gasteiger partial charge in [0.1, 0.15) is 0 Å². The van der Waals surface area contributed by atoms with E-state index >= 15 is 0 Å². The topological polar surface area (TPSA) is 20.3 Å². The van der Waals surface area contributed by atoms with Crippen molar-refractivity contribution in [3.63, 3.8) is 0 Å². The van der Waals surface area contributed by atoms with Crippen molar-refractivity contribution in [2.75, 3.05) is 7.05 Å². The summed E-state index contributed by atoms with van der Waals surface area (Å²) >= 11 is 3.38. The van der Waals surface area contributed by atoms with E-state index in [0.717, 1.165) is 22.9 Å². The lowest BCUT2D eigenvalue weighted by Crippen LogP contribution is -2.41. The molecule has 1 aromatic rings. The van der Waals surface area contributed by atoms with E-state index in [9.17, 15) is 4.79 Å². The molecule has 3 heteroatoms. The molecule has 1 rings (SSSR count). The molecule has 0 aliphatic carbocycles. The van der Waals surface area contributed by atoms with Crippen LogP contribution in [0.25, 0.3) is 0 Å². The van der Waals surface area contributed by atoms with Crippen LogP contribution in [0.5, 0.6) is 0 Å². The van der Waals surface area contributed by atoms with Gasteiger partial charge < -0.3 is 0 Å². The molecule has 0 saturated heterocycles. The number of benzene rings is 1. The Kier molecular flexibility index (Phi) is 6.03. The smallest absolute Gasteiger partial charge is 0.179 e. The summed E-state index contributed by atoms with van der Waals surface area (Å²) in [6.07, 6.45) is 2.26. The highest BCUT2D eigenvalue weighted by Gasteiger charge is 2.22. The van der Waals surface area contributed by atoms with Crippen LogP contribution in [0.15, 0.2) is 28.7 Å². The zero-order valence-corrected chi connectivity index (χ0v) is 13.2. The first-order valence-electron chi connectivity index (χ1n) is 6.49. The van der Waals surface area contributed by atoms with E-state index in [0.29, 0.717) is 6.04 Å². The zero-order valence-electron chi connectivity index (χ0n) is 11.6. The maximum absolute atomic E-state index is 12.3. The number of halogens is 1. The molecule has 0 aliphatic rings. The first-order chi connectivity index (χ1) is 8.47. The van der Waals surface area contributed by atoms with Crippen LogP contribution in [0.1, 0.15) is 44.0 Å². The highest BCUT2D eigenvalue weighted by Crippen LogP contribution is 2.15. The van der Waals surface area contributed by atoms with Gasteiger partial charge in [0.25, 0.3) is 0 Å². The standard InChI is InChI=1S/C15H22BrNO/c1-5-6-11(2)17(4)12(3)15(18)13-7-9-14(16)10-8-13/h7-12H,5-6H2,1-4H3. The number of hydrogen-bond donors (Lipinski definition) is 0. The van der Waals surface area contributed by atoms with Crippen LogP contribution in [-0.4, -0.2) is 29.8 Å². The molecule has 0 heterocycles. The SMILES string of the molecule is CCCC(C)N(C)C(C)C(=O)c1ccc(Br)cc1. The Balaban J connectivity index is 2.74. The molecule has 0 saturated carbocycles. The third-order valence-electron chi connectivity index (χ3n) is 3.52. The van der Waals surface area contributed by atoms with E-state index in [-0.39, 0.29) is 11.8 Å². The quantitative estimate of drug-likeness (QED) is 0.736. The fourth-order valence-corrected chi connectivity index (χ4v) is 2.31. The summed E-state index contributed by atoms with van der Waals surface area (Å²) < 4.78 is 0.999. The molecular weight excluding hydrogens is 290 g/mol. The lowest BCUT2D eigenvalue weighted by Gasteiger charge is -2.29. The molecule has 0 spiro atoms. The van der Waals surface area contributed by atoms with Gasteiger partial charge in [-0.2, -0.15) is 0 Å². The minimum atomic E-state index is -0.0762. The number of nitrogens with zero attached hydrogens (tertiary/aromatic N) is 1. The summed E-state index contributed by atoms with van der Waals surface area (Å²) in [5.41, 5.74) is 0.779. The number of ketones is 1. The molecule has 0 amide bonds. The predicted molar refractivity (Wildman–Crippen MR) is 80.1 cm³/mol. The number of hydrogen-bond acceptors (Lipinski definition) is 2. The number of likely N-dealkylation sites (N-methyl/N-ethyl adjacent to an activating group) is 1. The highest BCUT2D eigenvalue weighted by atomic mass is 79.9. The van der Waals surface area contributed by atoms with Gasteiger partial charge in [-0.05, 0) is 39.4 Å². The van der Waals surface area contributed by atoms with Crippen molar-refractivity contribution in [3.8, 4) is 0 Å². The maximum atomic E-state index is 12.3. The number of Topliss-reactive ketones (excluding diaryl/α,β-unsaturated/α-hetero) is 1. The van der Waals surface area contributed by atoms with Crippen LogP contribution in [0.4, 0.5) is 0 Å². The lowest BCUT2D eigenvalue weighted by atomic mass is 10.0. The van der Waals surface area contributed by atoms with Gasteiger partial charge in [-0.1, -0.05) is 41.4 Å². The van der Waals surface area contributed by atoms with Gasteiger partial charge in [0.05, 0.1) is 6.04 Å². The second kappa shape index (κ2) is 7.05. The zero-order chi connectivity index (χ0) is 13.7. The molecule has 0 aliphatic heterocycles. The fourth-order valence-electron chi connectivity index (χ4n) is 2.04. The van der Waals surface area contributed by atoms with E-state index in [1.54, 1.807) is 0 Å². The Morgan fingerprint density at radius 2 is 1.83 bits per heavy atom. The maximum Gasteiger partial charge on any atom is 0.179 e. The normalized spacial score (nSPS) is 14.6. The Morgan fingerprint density at radius 3 is 2.33 bits per heavy atom.